The Bertz CT molecular complexity index is 998. The lowest BCUT2D eigenvalue weighted by molar-refractivity contribution is -0.129. The van der Waals surface area contributed by atoms with Gasteiger partial charge in [0.2, 0.25) is 0 Å². The molecular weight excluding hydrogens is 346 g/mol. The third-order valence-corrected chi connectivity index (χ3v) is 4.52. The zero-order valence-electron chi connectivity index (χ0n) is 15.3. The van der Waals surface area contributed by atoms with Gasteiger partial charge in [0.15, 0.2) is 24.0 Å². The molecule has 0 aromatic heterocycles. The van der Waals surface area contributed by atoms with Crippen LogP contribution in [0.15, 0.2) is 36.4 Å². The molecule has 3 rings (SSSR count). The molecule has 0 amide bonds. The van der Waals surface area contributed by atoms with Crippen molar-refractivity contribution in [3.05, 3.63) is 64.2 Å². The molecule has 0 fully saturated rings. The van der Waals surface area contributed by atoms with Crippen LogP contribution in [-0.4, -0.2) is 29.9 Å². The summed E-state index contributed by atoms with van der Waals surface area (Å²) in [5, 5.41) is 0. The first kappa shape index (κ1) is 18.5. The number of nitrogen functional groups attached to an aromatic ring is 1. The number of esters is 1. The van der Waals surface area contributed by atoms with Crippen LogP contribution < -0.4 is 5.73 Å². The van der Waals surface area contributed by atoms with Gasteiger partial charge in [-0.3, -0.25) is 14.4 Å². The van der Waals surface area contributed by atoms with Crippen LogP contribution in [-0.2, 0) is 9.53 Å². The van der Waals surface area contributed by atoms with Gasteiger partial charge < -0.3 is 10.5 Å². The monoisotopic (exact) mass is 365 g/mol. The van der Waals surface area contributed by atoms with Crippen molar-refractivity contribution in [1.82, 2.24) is 0 Å². The summed E-state index contributed by atoms with van der Waals surface area (Å²) in [6.45, 7) is 4.77. The van der Waals surface area contributed by atoms with E-state index in [1.165, 1.54) is 12.1 Å². The zero-order chi connectivity index (χ0) is 19.9. The third kappa shape index (κ3) is 3.14. The Hall–Kier alpha value is -3.28. The number of carbonyl (C=O) groups is 4. The van der Waals surface area contributed by atoms with Gasteiger partial charge in [0.25, 0.3) is 0 Å². The van der Waals surface area contributed by atoms with Gasteiger partial charge in [0, 0.05) is 22.1 Å². The fourth-order valence-corrected chi connectivity index (χ4v) is 2.82. The largest absolute Gasteiger partial charge is 0.454 e. The molecule has 6 heteroatoms. The van der Waals surface area contributed by atoms with Crippen LogP contribution in [0, 0.1) is 5.41 Å². The van der Waals surface area contributed by atoms with Gasteiger partial charge in [0.1, 0.15) is 0 Å². The fraction of sp³-hybridized carbons (Fsp3) is 0.238. The molecule has 0 atom stereocenters. The number of fused-ring (bicyclic) bond motifs is 2. The van der Waals surface area contributed by atoms with Crippen LogP contribution in [0.25, 0.3) is 0 Å². The van der Waals surface area contributed by atoms with E-state index in [4.69, 9.17) is 10.5 Å². The first-order chi connectivity index (χ1) is 12.6. The molecule has 0 saturated heterocycles. The lowest BCUT2D eigenvalue weighted by Crippen LogP contribution is -2.27. The second kappa shape index (κ2) is 6.46. The number of anilines is 1. The molecule has 27 heavy (non-hydrogen) atoms. The third-order valence-electron chi connectivity index (χ3n) is 4.52. The number of Topliss-reactive ketones (excluding diaryl/α,β-unsaturated/α-hetero) is 1. The zero-order valence-corrected chi connectivity index (χ0v) is 15.3. The van der Waals surface area contributed by atoms with Crippen LogP contribution in [0.2, 0.25) is 0 Å². The smallest absolute Gasteiger partial charge is 0.340 e. The summed E-state index contributed by atoms with van der Waals surface area (Å²) in [5.41, 5.74) is 5.94. The molecule has 138 valence electrons. The summed E-state index contributed by atoms with van der Waals surface area (Å²) < 4.78 is 5.06. The van der Waals surface area contributed by atoms with E-state index in [1.54, 1.807) is 45.0 Å². The molecule has 0 spiro atoms. The summed E-state index contributed by atoms with van der Waals surface area (Å²) in [6, 6.07) is 9.19. The van der Waals surface area contributed by atoms with Crippen molar-refractivity contribution in [2.24, 2.45) is 5.41 Å². The van der Waals surface area contributed by atoms with E-state index in [0.29, 0.717) is 5.56 Å². The number of hydrogen-bond donors (Lipinski definition) is 1. The molecule has 6 nitrogen and oxygen atoms in total. The molecule has 0 unspecified atom stereocenters. The Labute approximate surface area is 156 Å². The molecule has 2 aromatic carbocycles. The number of carbonyl (C=O) groups excluding carboxylic acids is 4. The number of hydrogen-bond acceptors (Lipinski definition) is 6. The Morgan fingerprint density at radius 2 is 1.52 bits per heavy atom. The Morgan fingerprint density at radius 1 is 0.926 bits per heavy atom. The highest BCUT2D eigenvalue weighted by atomic mass is 16.5. The van der Waals surface area contributed by atoms with Crippen molar-refractivity contribution >= 4 is 29.0 Å². The Morgan fingerprint density at radius 3 is 2.11 bits per heavy atom. The summed E-state index contributed by atoms with van der Waals surface area (Å²) in [4.78, 5) is 49.8. The Kier molecular flexibility index (Phi) is 4.43. The molecule has 0 aliphatic heterocycles. The molecule has 0 heterocycles. The van der Waals surface area contributed by atoms with Crippen LogP contribution in [0.5, 0.6) is 0 Å². The maximum Gasteiger partial charge on any atom is 0.340 e. The van der Waals surface area contributed by atoms with Crippen LogP contribution in [0.3, 0.4) is 0 Å². The maximum atomic E-state index is 12.8. The predicted molar refractivity (Wildman–Crippen MR) is 98.9 cm³/mol. The number of ether oxygens (including phenoxy) is 1. The molecule has 2 aromatic rings. The number of nitrogens with two attached hydrogens (primary N) is 1. The fourth-order valence-electron chi connectivity index (χ4n) is 2.82. The van der Waals surface area contributed by atoms with Gasteiger partial charge in [-0.2, -0.15) is 0 Å². The predicted octanol–water partition coefficient (Wildman–Crippen LogP) is 2.82. The molecule has 1 aliphatic rings. The number of rotatable bonds is 3. The highest BCUT2D eigenvalue weighted by Gasteiger charge is 2.33. The van der Waals surface area contributed by atoms with Gasteiger partial charge in [-0.05, 0) is 12.1 Å². The highest BCUT2D eigenvalue weighted by Crippen LogP contribution is 2.33. The number of ketones is 3. The Balaban J connectivity index is 1.96. The topological polar surface area (TPSA) is 104 Å². The molecule has 0 saturated carbocycles. The lowest BCUT2D eigenvalue weighted by atomic mass is 9.82. The van der Waals surface area contributed by atoms with E-state index in [9.17, 15) is 19.2 Å². The minimum atomic E-state index is -0.813. The van der Waals surface area contributed by atoms with E-state index in [0.717, 1.165) is 0 Å². The van der Waals surface area contributed by atoms with E-state index in [-0.39, 0.29) is 39.5 Å². The summed E-state index contributed by atoms with van der Waals surface area (Å²) in [6.07, 6.45) is 0. The van der Waals surface area contributed by atoms with Gasteiger partial charge in [-0.25, -0.2) is 4.79 Å². The van der Waals surface area contributed by atoms with Gasteiger partial charge in [-0.15, -0.1) is 0 Å². The molecule has 2 N–H and O–H groups in total. The quantitative estimate of drug-likeness (QED) is 0.565. The van der Waals surface area contributed by atoms with Crippen molar-refractivity contribution < 1.29 is 23.9 Å². The standard InChI is InChI=1S/C21H19NO5/c1-21(2,3)15(23)10-27-20(26)14-9-8-13-16(17(14)22)19(25)12-7-5-4-6-11(12)18(13)24/h4-9H,10,22H2,1-3H3. The maximum absolute atomic E-state index is 12.8. The van der Waals surface area contributed by atoms with Gasteiger partial charge >= 0.3 is 5.97 Å². The second-order valence-electron chi connectivity index (χ2n) is 7.40. The highest BCUT2D eigenvalue weighted by molar-refractivity contribution is 6.30. The SMILES string of the molecule is CC(C)(C)C(=O)COC(=O)c1ccc2c(c1N)C(=O)c1ccccc1C2=O. The lowest BCUT2D eigenvalue weighted by Gasteiger charge is -2.20. The van der Waals surface area contributed by atoms with Crippen LogP contribution >= 0.6 is 0 Å². The molecule has 1 aliphatic carbocycles. The molecule has 0 radical (unpaired) electrons. The van der Waals surface area contributed by atoms with E-state index in [1.807, 2.05) is 0 Å². The van der Waals surface area contributed by atoms with Crippen LogP contribution in [0.4, 0.5) is 5.69 Å². The molecular formula is C21H19NO5. The van der Waals surface area contributed by atoms with E-state index in [2.05, 4.69) is 0 Å². The minimum Gasteiger partial charge on any atom is -0.454 e. The van der Waals surface area contributed by atoms with Crippen molar-refractivity contribution in [2.75, 3.05) is 12.3 Å². The van der Waals surface area contributed by atoms with Gasteiger partial charge in [0.05, 0.1) is 16.8 Å². The molecule has 0 bridgehead atoms. The normalized spacial score (nSPS) is 13.0. The van der Waals surface area contributed by atoms with Crippen molar-refractivity contribution in [1.29, 1.82) is 0 Å². The van der Waals surface area contributed by atoms with Crippen LogP contribution in [0.1, 0.15) is 63.0 Å². The van der Waals surface area contributed by atoms with E-state index < -0.39 is 23.8 Å². The average Bonchev–Trinajstić information content (AvgIpc) is 2.62. The summed E-state index contributed by atoms with van der Waals surface area (Å²) in [7, 11) is 0. The van der Waals surface area contributed by atoms with Crippen molar-refractivity contribution in [3.63, 3.8) is 0 Å². The van der Waals surface area contributed by atoms with Crippen molar-refractivity contribution in [3.8, 4) is 0 Å². The first-order valence-corrected chi connectivity index (χ1v) is 8.44. The van der Waals surface area contributed by atoms with E-state index >= 15 is 0 Å². The second-order valence-corrected chi connectivity index (χ2v) is 7.40. The number of benzene rings is 2. The summed E-state index contributed by atoms with van der Waals surface area (Å²) >= 11 is 0. The summed E-state index contributed by atoms with van der Waals surface area (Å²) in [5.74, 6) is -1.80. The van der Waals surface area contributed by atoms with Gasteiger partial charge in [-0.1, -0.05) is 45.0 Å². The first-order valence-electron chi connectivity index (χ1n) is 8.44. The van der Waals surface area contributed by atoms with Crippen molar-refractivity contribution in [2.45, 2.75) is 20.8 Å². The minimum absolute atomic E-state index is 0.00435. The average molecular weight is 365 g/mol.